The van der Waals surface area contributed by atoms with Gasteiger partial charge in [-0.3, -0.25) is 9.63 Å². The molecule has 0 aliphatic rings. The van der Waals surface area contributed by atoms with Crippen LogP contribution in [0.25, 0.3) is 0 Å². The van der Waals surface area contributed by atoms with Crippen molar-refractivity contribution in [2.24, 2.45) is 11.1 Å². The first-order valence-corrected chi connectivity index (χ1v) is 4.44. The molecule has 1 amide bonds. The van der Waals surface area contributed by atoms with Crippen molar-refractivity contribution in [2.75, 3.05) is 6.61 Å². The lowest BCUT2D eigenvalue weighted by atomic mass is 9.75. The Kier molecular flexibility index (Phi) is 3.88. The first-order valence-electron chi connectivity index (χ1n) is 4.44. The first-order chi connectivity index (χ1) is 5.73. The van der Waals surface area contributed by atoms with Crippen molar-refractivity contribution in [3.05, 3.63) is 0 Å². The molecule has 3 N–H and O–H groups in total. The van der Waals surface area contributed by atoms with Gasteiger partial charge in [0.2, 0.25) is 0 Å². The van der Waals surface area contributed by atoms with Gasteiger partial charge in [0.1, 0.15) is 0 Å². The van der Waals surface area contributed by atoms with Crippen molar-refractivity contribution in [3.8, 4) is 0 Å². The zero-order chi connectivity index (χ0) is 10.7. The lowest BCUT2D eigenvalue weighted by Crippen LogP contribution is -2.55. The summed E-state index contributed by atoms with van der Waals surface area (Å²) < 4.78 is 0. The Morgan fingerprint density at radius 2 is 1.85 bits per heavy atom. The summed E-state index contributed by atoms with van der Waals surface area (Å²) in [4.78, 5) is 16.4. The molecule has 78 valence electrons. The summed E-state index contributed by atoms with van der Waals surface area (Å²) in [5.74, 6) is -0.193. The third-order valence-electron chi connectivity index (χ3n) is 2.49. The molecule has 0 aliphatic heterocycles. The molecule has 0 aromatic heterocycles. The van der Waals surface area contributed by atoms with Gasteiger partial charge in [0.05, 0.1) is 12.0 Å². The molecule has 0 saturated carbocycles. The summed E-state index contributed by atoms with van der Waals surface area (Å²) in [5, 5.41) is 0. The van der Waals surface area contributed by atoms with Gasteiger partial charge in [-0.1, -0.05) is 0 Å². The summed E-state index contributed by atoms with van der Waals surface area (Å²) in [7, 11) is 0. The molecule has 4 nitrogen and oxygen atoms in total. The van der Waals surface area contributed by atoms with E-state index in [1.54, 1.807) is 20.8 Å². The monoisotopic (exact) mass is 188 g/mol. The predicted octanol–water partition coefficient (Wildman–Crippen LogP) is 0.818. The number of hydrogen-bond acceptors (Lipinski definition) is 3. The van der Waals surface area contributed by atoms with E-state index in [9.17, 15) is 4.79 Å². The maximum Gasteiger partial charge on any atom is 0.251 e. The molecular weight excluding hydrogens is 168 g/mol. The van der Waals surface area contributed by atoms with Gasteiger partial charge in [-0.15, -0.1) is 0 Å². The lowest BCUT2D eigenvalue weighted by Gasteiger charge is -2.36. The largest absolute Gasteiger partial charge is 0.325 e. The summed E-state index contributed by atoms with van der Waals surface area (Å²) in [6.07, 6.45) is 0. The van der Waals surface area contributed by atoms with Crippen LogP contribution in [0.2, 0.25) is 0 Å². The zero-order valence-electron chi connectivity index (χ0n) is 9.10. The van der Waals surface area contributed by atoms with Crippen LogP contribution in [0.15, 0.2) is 0 Å². The van der Waals surface area contributed by atoms with E-state index in [1.807, 2.05) is 13.8 Å². The summed E-state index contributed by atoms with van der Waals surface area (Å²) >= 11 is 0. The second-order valence-corrected chi connectivity index (χ2v) is 4.21. The predicted molar refractivity (Wildman–Crippen MR) is 51.8 cm³/mol. The molecule has 0 heterocycles. The Morgan fingerprint density at radius 3 is 2.15 bits per heavy atom. The third kappa shape index (κ3) is 2.97. The minimum atomic E-state index is -0.651. The van der Waals surface area contributed by atoms with Crippen LogP contribution in [0.3, 0.4) is 0 Å². The van der Waals surface area contributed by atoms with E-state index in [0.29, 0.717) is 6.61 Å². The van der Waals surface area contributed by atoms with Crippen LogP contribution in [0.4, 0.5) is 0 Å². The molecule has 0 spiro atoms. The first kappa shape index (κ1) is 12.4. The summed E-state index contributed by atoms with van der Waals surface area (Å²) in [6, 6.07) is 0. The van der Waals surface area contributed by atoms with Crippen molar-refractivity contribution < 1.29 is 9.63 Å². The molecule has 0 saturated heterocycles. The maximum atomic E-state index is 11.6. The van der Waals surface area contributed by atoms with Crippen molar-refractivity contribution in [1.82, 2.24) is 5.48 Å². The van der Waals surface area contributed by atoms with Gasteiger partial charge in [0, 0.05) is 5.54 Å². The van der Waals surface area contributed by atoms with Crippen LogP contribution in [-0.4, -0.2) is 18.1 Å². The van der Waals surface area contributed by atoms with E-state index in [1.165, 1.54) is 0 Å². The summed E-state index contributed by atoms with van der Waals surface area (Å²) in [5.41, 5.74) is 7.00. The zero-order valence-corrected chi connectivity index (χ0v) is 9.10. The number of carbonyl (C=O) groups excluding carboxylic acids is 1. The van der Waals surface area contributed by atoms with Gasteiger partial charge >= 0.3 is 0 Å². The Bertz CT molecular complexity index is 183. The molecule has 0 bridgehead atoms. The highest BCUT2D eigenvalue weighted by Gasteiger charge is 2.40. The molecule has 13 heavy (non-hydrogen) atoms. The highest BCUT2D eigenvalue weighted by molar-refractivity contribution is 5.82. The molecular formula is C9H20N2O2. The average Bonchev–Trinajstić information content (AvgIpc) is 1.97. The smallest absolute Gasteiger partial charge is 0.251 e. The molecule has 0 atom stereocenters. The van der Waals surface area contributed by atoms with Gasteiger partial charge in [-0.25, -0.2) is 5.48 Å². The number of carbonyl (C=O) groups is 1. The van der Waals surface area contributed by atoms with Gasteiger partial charge in [0.15, 0.2) is 0 Å². The molecule has 0 unspecified atom stereocenters. The SMILES string of the molecule is CCONC(=O)C(C)(C)C(C)(C)N. The highest BCUT2D eigenvalue weighted by atomic mass is 16.6. The topological polar surface area (TPSA) is 64.3 Å². The van der Waals surface area contributed by atoms with Crippen LogP contribution in [0.1, 0.15) is 34.6 Å². The fraction of sp³-hybridized carbons (Fsp3) is 0.889. The van der Waals surface area contributed by atoms with Gasteiger partial charge in [-0.05, 0) is 34.6 Å². The van der Waals surface area contributed by atoms with Crippen molar-refractivity contribution in [3.63, 3.8) is 0 Å². The van der Waals surface area contributed by atoms with Crippen LogP contribution in [0.5, 0.6) is 0 Å². The Balaban J connectivity index is 4.37. The molecule has 0 fully saturated rings. The Morgan fingerprint density at radius 1 is 1.38 bits per heavy atom. The molecule has 0 aromatic carbocycles. The maximum absolute atomic E-state index is 11.6. The minimum absolute atomic E-state index is 0.193. The highest BCUT2D eigenvalue weighted by Crippen LogP contribution is 2.28. The van der Waals surface area contributed by atoms with E-state index in [4.69, 9.17) is 10.6 Å². The van der Waals surface area contributed by atoms with Gasteiger partial charge < -0.3 is 5.73 Å². The quantitative estimate of drug-likeness (QED) is 0.642. The lowest BCUT2D eigenvalue weighted by molar-refractivity contribution is -0.145. The minimum Gasteiger partial charge on any atom is -0.325 e. The van der Waals surface area contributed by atoms with E-state index in [-0.39, 0.29) is 5.91 Å². The fourth-order valence-electron chi connectivity index (χ4n) is 0.558. The number of hydrogen-bond donors (Lipinski definition) is 2. The second-order valence-electron chi connectivity index (χ2n) is 4.21. The normalized spacial score (nSPS) is 12.8. The Labute approximate surface area is 79.8 Å². The van der Waals surface area contributed by atoms with Crippen LogP contribution >= 0.6 is 0 Å². The van der Waals surface area contributed by atoms with E-state index >= 15 is 0 Å². The fourth-order valence-corrected chi connectivity index (χ4v) is 0.558. The number of hydroxylamine groups is 1. The van der Waals surface area contributed by atoms with Crippen molar-refractivity contribution >= 4 is 5.91 Å². The molecule has 0 aromatic rings. The average molecular weight is 188 g/mol. The van der Waals surface area contributed by atoms with E-state index in [2.05, 4.69) is 5.48 Å². The van der Waals surface area contributed by atoms with Crippen LogP contribution in [0, 0.1) is 5.41 Å². The summed E-state index contributed by atoms with van der Waals surface area (Å²) in [6.45, 7) is 9.48. The molecule has 4 heteroatoms. The van der Waals surface area contributed by atoms with Crippen LogP contribution < -0.4 is 11.2 Å². The molecule has 0 radical (unpaired) electrons. The van der Waals surface area contributed by atoms with Crippen LogP contribution in [-0.2, 0) is 9.63 Å². The molecule has 0 rings (SSSR count). The van der Waals surface area contributed by atoms with Gasteiger partial charge in [-0.2, -0.15) is 0 Å². The third-order valence-corrected chi connectivity index (χ3v) is 2.49. The second kappa shape index (κ2) is 4.07. The standard InChI is InChI=1S/C9H20N2O2/c1-6-13-11-7(12)8(2,3)9(4,5)10/h6,10H2,1-5H3,(H,11,12). The Hall–Kier alpha value is -0.610. The van der Waals surface area contributed by atoms with E-state index in [0.717, 1.165) is 0 Å². The number of nitrogens with one attached hydrogen (secondary N) is 1. The van der Waals surface area contributed by atoms with Gasteiger partial charge in [0.25, 0.3) is 5.91 Å². The number of amides is 1. The van der Waals surface area contributed by atoms with Crippen molar-refractivity contribution in [1.29, 1.82) is 0 Å². The number of nitrogens with two attached hydrogens (primary N) is 1. The molecule has 0 aliphatic carbocycles. The number of rotatable bonds is 4. The van der Waals surface area contributed by atoms with E-state index < -0.39 is 11.0 Å². The van der Waals surface area contributed by atoms with Crippen molar-refractivity contribution in [2.45, 2.75) is 40.2 Å².